The Morgan fingerprint density at radius 3 is 2.33 bits per heavy atom. The van der Waals surface area contributed by atoms with Crippen LogP contribution in [-0.4, -0.2) is 15.9 Å². The van der Waals surface area contributed by atoms with Gasteiger partial charge in [-0.3, -0.25) is 4.79 Å². The zero-order chi connectivity index (χ0) is 16.9. The zero-order valence-electron chi connectivity index (χ0n) is 13.6. The summed E-state index contributed by atoms with van der Waals surface area (Å²) in [5.41, 5.74) is 4.21. The number of hydrogen-bond donors (Lipinski definition) is 2. The molecule has 0 saturated carbocycles. The molecule has 1 amide bonds. The molecule has 0 saturated heterocycles. The van der Waals surface area contributed by atoms with E-state index in [4.69, 9.17) is 0 Å². The summed E-state index contributed by atoms with van der Waals surface area (Å²) < 4.78 is 0. The quantitative estimate of drug-likeness (QED) is 0.760. The fraction of sp³-hybridized carbons (Fsp3) is 0.105. The zero-order valence-corrected chi connectivity index (χ0v) is 13.6. The second-order valence-electron chi connectivity index (χ2n) is 5.55. The van der Waals surface area contributed by atoms with Crippen molar-refractivity contribution in [2.24, 2.45) is 0 Å². The number of benzene rings is 2. The summed E-state index contributed by atoms with van der Waals surface area (Å²) >= 11 is 0. The van der Waals surface area contributed by atoms with Crippen LogP contribution in [0.25, 0.3) is 0 Å². The first-order valence-corrected chi connectivity index (χ1v) is 7.64. The maximum Gasteiger partial charge on any atom is 0.275 e. The van der Waals surface area contributed by atoms with Crippen molar-refractivity contribution < 1.29 is 4.79 Å². The molecule has 5 heteroatoms. The van der Waals surface area contributed by atoms with Gasteiger partial charge in [0.25, 0.3) is 5.91 Å². The first-order chi connectivity index (χ1) is 11.6. The molecule has 2 N–H and O–H groups in total. The lowest BCUT2D eigenvalue weighted by atomic mass is 10.2. The van der Waals surface area contributed by atoms with Gasteiger partial charge < -0.3 is 10.6 Å². The Hall–Kier alpha value is -3.21. The second-order valence-corrected chi connectivity index (χ2v) is 5.55. The van der Waals surface area contributed by atoms with Crippen molar-refractivity contribution >= 4 is 23.1 Å². The van der Waals surface area contributed by atoms with Gasteiger partial charge in [0.2, 0.25) is 0 Å². The Kier molecular flexibility index (Phi) is 4.52. The van der Waals surface area contributed by atoms with Crippen molar-refractivity contribution in [2.45, 2.75) is 13.8 Å². The van der Waals surface area contributed by atoms with Gasteiger partial charge >= 0.3 is 0 Å². The normalized spacial score (nSPS) is 10.2. The van der Waals surface area contributed by atoms with Crippen molar-refractivity contribution in [3.05, 3.63) is 77.7 Å². The van der Waals surface area contributed by atoms with E-state index in [1.54, 1.807) is 6.20 Å². The fourth-order valence-corrected chi connectivity index (χ4v) is 2.19. The molecule has 24 heavy (non-hydrogen) atoms. The lowest BCUT2D eigenvalue weighted by Gasteiger charge is -2.09. The highest BCUT2D eigenvalue weighted by molar-refractivity contribution is 6.02. The van der Waals surface area contributed by atoms with Gasteiger partial charge in [0.1, 0.15) is 11.5 Å². The van der Waals surface area contributed by atoms with Gasteiger partial charge in [0.05, 0.1) is 12.4 Å². The number of carbonyl (C=O) groups excluding carboxylic acids is 1. The van der Waals surface area contributed by atoms with Crippen LogP contribution >= 0.6 is 0 Å². The van der Waals surface area contributed by atoms with Crippen LogP contribution in [0, 0.1) is 13.8 Å². The average molecular weight is 318 g/mol. The predicted molar refractivity (Wildman–Crippen MR) is 95.6 cm³/mol. The maximum absolute atomic E-state index is 12.2. The molecule has 0 fully saturated rings. The number of amides is 1. The van der Waals surface area contributed by atoms with E-state index in [1.807, 2.05) is 62.4 Å². The molecule has 0 spiro atoms. The van der Waals surface area contributed by atoms with Crippen LogP contribution in [0.4, 0.5) is 17.2 Å². The summed E-state index contributed by atoms with van der Waals surface area (Å²) in [7, 11) is 0. The van der Waals surface area contributed by atoms with Crippen molar-refractivity contribution in [2.75, 3.05) is 10.6 Å². The summed E-state index contributed by atoms with van der Waals surface area (Å²) in [6.45, 7) is 4.01. The average Bonchev–Trinajstić information content (AvgIpc) is 2.59. The van der Waals surface area contributed by atoms with Gasteiger partial charge in [0.15, 0.2) is 0 Å². The van der Waals surface area contributed by atoms with Crippen LogP contribution in [0.15, 0.2) is 60.9 Å². The molecule has 3 rings (SSSR count). The lowest BCUT2D eigenvalue weighted by Crippen LogP contribution is -2.14. The van der Waals surface area contributed by atoms with Gasteiger partial charge in [0, 0.05) is 11.4 Å². The highest BCUT2D eigenvalue weighted by Crippen LogP contribution is 2.18. The number of rotatable bonds is 4. The van der Waals surface area contributed by atoms with E-state index in [1.165, 1.54) is 6.20 Å². The highest BCUT2D eigenvalue weighted by Gasteiger charge is 2.09. The minimum absolute atomic E-state index is 0.269. The number of aromatic nitrogens is 2. The SMILES string of the molecule is Cc1ccc(NC(=O)c2cnc(Nc3ccccc3C)cn2)cc1. The molecule has 1 aromatic heterocycles. The number of nitrogens with one attached hydrogen (secondary N) is 2. The molecule has 5 nitrogen and oxygen atoms in total. The smallest absolute Gasteiger partial charge is 0.275 e. The van der Waals surface area contributed by atoms with Crippen LogP contribution in [0.5, 0.6) is 0 Å². The van der Waals surface area contributed by atoms with E-state index in [9.17, 15) is 4.79 Å². The monoisotopic (exact) mass is 318 g/mol. The molecule has 0 bridgehead atoms. The third-order valence-corrected chi connectivity index (χ3v) is 3.60. The molecular weight excluding hydrogens is 300 g/mol. The van der Waals surface area contributed by atoms with Crippen molar-refractivity contribution in [3.8, 4) is 0 Å². The van der Waals surface area contributed by atoms with Gasteiger partial charge in [-0.1, -0.05) is 35.9 Å². The van der Waals surface area contributed by atoms with E-state index < -0.39 is 0 Å². The maximum atomic E-state index is 12.2. The Bertz CT molecular complexity index is 842. The molecule has 2 aromatic carbocycles. The molecule has 0 atom stereocenters. The highest BCUT2D eigenvalue weighted by atomic mass is 16.1. The van der Waals surface area contributed by atoms with Crippen molar-refractivity contribution in [1.29, 1.82) is 0 Å². The lowest BCUT2D eigenvalue weighted by molar-refractivity contribution is 0.102. The number of carbonyl (C=O) groups is 1. The Morgan fingerprint density at radius 2 is 1.67 bits per heavy atom. The molecule has 0 aliphatic rings. The molecular formula is C19H18N4O. The predicted octanol–water partition coefficient (Wildman–Crippen LogP) is 4.09. The van der Waals surface area contributed by atoms with Crippen molar-refractivity contribution in [3.63, 3.8) is 0 Å². The Balaban J connectivity index is 1.68. The summed E-state index contributed by atoms with van der Waals surface area (Å²) in [6, 6.07) is 15.5. The summed E-state index contributed by atoms with van der Waals surface area (Å²) in [4.78, 5) is 20.6. The minimum Gasteiger partial charge on any atom is -0.339 e. The van der Waals surface area contributed by atoms with Crippen molar-refractivity contribution in [1.82, 2.24) is 9.97 Å². The minimum atomic E-state index is -0.284. The van der Waals surface area contributed by atoms with Gasteiger partial charge in [-0.25, -0.2) is 9.97 Å². The second kappa shape index (κ2) is 6.91. The third-order valence-electron chi connectivity index (χ3n) is 3.60. The summed E-state index contributed by atoms with van der Waals surface area (Å²) in [5.74, 6) is 0.310. The number of nitrogens with zero attached hydrogens (tertiary/aromatic N) is 2. The molecule has 120 valence electrons. The van der Waals surface area contributed by atoms with Gasteiger partial charge in [-0.05, 0) is 37.6 Å². The topological polar surface area (TPSA) is 66.9 Å². The molecule has 0 aliphatic carbocycles. The van der Waals surface area contributed by atoms with E-state index >= 15 is 0 Å². The number of anilines is 3. The van der Waals surface area contributed by atoms with Crippen LogP contribution in [0.2, 0.25) is 0 Å². The number of para-hydroxylation sites is 1. The summed E-state index contributed by atoms with van der Waals surface area (Å²) in [5, 5.41) is 5.99. The van der Waals surface area contributed by atoms with Gasteiger partial charge in [-0.15, -0.1) is 0 Å². The fourth-order valence-electron chi connectivity index (χ4n) is 2.19. The molecule has 0 radical (unpaired) electrons. The van der Waals surface area contributed by atoms with Crippen LogP contribution in [0.3, 0.4) is 0 Å². The van der Waals surface area contributed by atoms with E-state index in [2.05, 4.69) is 20.6 Å². The first-order valence-electron chi connectivity index (χ1n) is 7.64. The number of aryl methyl sites for hydroxylation is 2. The van der Waals surface area contributed by atoms with Crippen LogP contribution in [0.1, 0.15) is 21.6 Å². The Morgan fingerprint density at radius 1 is 0.917 bits per heavy atom. The molecule has 0 aliphatic heterocycles. The molecule has 3 aromatic rings. The third kappa shape index (κ3) is 3.76. The van der Waals surface area contributed by atoms with E-state index in [-0.39, 0.29) is 11.6 Å². The number of hydrogen-bond acceptors (Lipinski definition) is 4. The molecule has 1 heterocycles. The Labute approximate surface area is 140 Å². The van der Waals surface area contributed by atoms with Crippen LogP contribution < -0.4 is 10.6 Å². The first kappa shape index (κ1) is 15.7. The molecule has 0 unspecified atom stereocenters. The van der Waals surface area contributed by atoms with E-state index in [0.717, 1.165) is 22.5 Å². The standard InChI is InChI=1S/C19H18N4O/c1-13-7-9-15(10-8-13)22-19(24)17-11-21-18(12-20-17)23-16-6-4-3-5-14(16)2/h3-12H,1-2H3,(H,21,23)(H,22,24). The van der Waals surface area contributed by atoms with Crippen LogP contribution in [-0.2, 0) is 0 Å². The summed E-state index contributed by atoms with van der Waals surface area (Å²) in [6.07, 6.45) is 3.01. The van der Waals surface area contributed by atoms with E-state index in [0.29, 0.717) is 5.82 Å². The largest absolute Gasteiger partial charge is 0.339 e. The van der Waals surface area contributed by atoms with Gasteiger partial charge in [-0.2, -0.15) is 0 Å².